The molecule has 2 atom stereocenters. The number of hydrogen-bond donors (Lipinski definition) is 0. The fourth-order valence-corrected chi connectivity index (χ4v) is 3.70. The van der Waals surface area contributed by atoms with Crippen LogP contribution in [0.5, 0.6) is 0 Å². The Morgan fingerprint density at radius 3 is 2.57 bits per heavy atom. The molecule has 1 saturated heterocycles. The second kappa shape index (κ2) is 6.66. The standard InChI is InChI=1S/C19H21N5O4/c1-12-9-23-15-16(20-18(23)22(12)10-13-7-5-4-6-8-13)21(2)19(27)24(17(15)26)11-14(25)28-3/h4-9,15-16H,10-11H2,1-3H3. The molecule has 3 heterocycles. The van der Waals surface area contributed by atoms with Gasteiger partial charge in [0.25, 0.3) is 5.91 Å². The number of urea groups is 1. The van der Waals surface area contributed by atoms with Crippen LogP contribution in [-0.4, -0.2) is 76.4 Å². The number of allylic oxidation sites excluding steroid dienone is 1. The van der Waals surface area contributed by atoms with Crippen molar-refractivity contribution >= 4 is 23.9 Å². The van der Waals surface area contributed by atoms with Gasteiger partial charge in [-0.3, -0.25) is 14.5 Å². The summed E-state index contributed by atoms with van der Waals surface area (Å²) in [6.45, 7) is 2.14. The van der Waals surface area contributed by atoms with Crippen molar-refractivity contribution in [3.05, 3.63) is 47.8 Å². The lowest BCUT2D eigenvalue weighted by atomic mass is 10.1. The van der Waals surface area contributed by atoms with Crippen LogP contribution in [-0.2, 0) is 20.9 Å². The summed E-state index contributed by atoms with van der Waals surface area (Å²) in [5, 5.41) is 0. The average molecular weight is 383 g/mol. The minimum absolute atomic E-state index is 0.415. The number of carbonyl (C=O) groups is 3. The number of nitrogens with zero attached hydrogens (tertiary/aromatic N) is 5. The van der Waals surface area contributed by atoms with Gasteiger partial charge in [-0.2, -0.15) is 0 Å². The predicted molar refractivity (Wildman–Crippen MR) is 99.5 cm³/mol. The highest BCUT2D eigenvalue weighted by Gasteiger charge is 2.54. The van der Waals surface area contributed by atoms with Crippen molar-refractivity contribution in [3.8, 4) is 0 Å². The number of esters is 1. The smallest absolute Gasteiger partial charge is 0.328 e. The molecular formula is C19H21N5O4. The first-order chi connectivity index (χ1) is 13.4. The van der Waals surface area contributed by atoms with E-state index in [1.807, 2.05) is 48.4 Å². The molecule has 3 aliphatic heterocycles. The van der Waals surface area contributed by atoms with Crippen molar-refractivity contribution in [3.63, 3.8) is 0 Å². The molecule has 9 heteroatoms. The summed E-state index contributed by atoms with van der Waals surface area (Å²) in [4.78, 5) is 48.1. The lowest BCUT2D eigenvalue weighted by molar-refractivity contribution is -0.148. The number of guanidine groups is 1. The summed E-state index contributed by atoms with van der Waals surface area (Å²) < 4.78 is 4.62. The Morgan fingerprint density at radius 1 is 1.18 bits per heavy atom. The number of ether oxygens (including phenoxy) is 1. The third-order valence-electron chi connectivity index (χ3n) is 5.20. The number of amides is 3. The normalized spacial score (nSPS) is 23.5. The highest BCUT2D eigenvalue weighted by molar-refractivity contribution is 6.06. The summed E-state index contributed by atoms with van der Waals surface area (Å²) in [7, 11) is 2.81. The maximum atomic E-state index is 13.0. The molecule has 3 amide bonds. The van der Waals surface area contributed by atoms with Gasteiger partial charge in [0.1, 0.15) is 6.54 Å². The molecular weight excluding hydrogens is 362 g/mol. The number of aliphatic imine (C=N–C) groups is 1. The van der Waals surface area contributed by atoms with Gasteiger partial charge >= 0.3 is 12.0 Å². The zero-order valence-corrected chi connectivity index (χ0v) is 15.9. The van der Waals surface area contributed by atoms with Crippen LogP contribution in [0, 0.1) is 0 Å². The van der Waals surface area contributed by atoms with Crippen molar-refractivity contribution in [1.82, 2.24) is 19.6 Å². The molecule has 2 unspecified atom stereocenters. The van der Waals surface area contributed by atoms with Gasteiger partial charge in [0, 0.05) is 18.9 Å². The van der Waals surface area contributed by atoms with E-state index in [1.165, 1.54) is 12.0 Å². The van der Waals surface area contributed by atoms with Crippen LogP contribution in [0.1, 0.15) is 12.5 Å². The Kier molecular flexibility index (Phi) is 4.29. The fraction of sp³-hybridized carbons (Fsp3) is 0.368. The molecule has 0 bridgehead atoms. The topological polar surface area (TPSA) is 85.8 Å². The van der Waals surface area contributed by atoms with E-state index in [1.54, 1.807) is 11.9 Å². The SMILES string of the molecule is COC(=O)CN1C(=O)C2C(N=C3N(Cc4ccccc4)C(C)=CN32)N(C)C1=O. The average Bonchev–Trinajstić information content (AvgIpc) is 3.20. The van der Waals surface area contributed by atoms with Crippen LogP contribution in [0.2, 0.25) is 0 Å². The van der Waals surface area contributed by atoms with Gasteiger partial charge in [0.2, 0.25) is 5.96 Å². The molecule has 0 aromatic heterocycles. The van der Waals surface area contributed by atoms with Gasteiger partial charge < -0.3 is 19.4 Å². The van der Waals surface area contributed by atoms with Gasteiger partial charge in [0.05, 0.1) is 13.7 Å². The summed E-state index contributed by atoms with van der Waals surface area (Å²) >= 11 is 0. The van der Waals surface area contributed by atoms with E-state index in [2.05, 4.69) is 9.73 Å². The Bertz CT molecular complexity index is 897. The number of methoxy groups -OCH3 is 1. The maximum Gasteiger partial charge on any atom is 0.328 e. The van der Waals surface area contributed by atoms with E-state index >= 15 is 0 Å². The second-order valence-electron chi connectivity index (χ2n) is 6.93. The third-order valence-corrected chi connectivity index (χ3v) is 5.20. The van der Waals surface area contributed by atoms with Crippen molar-refractivity contribution in [1.29, 1.82) is 0 Å². The largest absolute Gasteiger partial charge is 0.468 e. The molecule has 146 valence electrons. The van der Waals surface area contributed by atoms with Gasteiger partial charge in [0.15, 0.2) is 12.2 Å². The minimum Gasteiger partial charge on any atom is -0.468 e. The van der Waals surface area contributed by atoms with Gasteiger partial charge in [-0.25, -0.2) is 9.79 Å². The van der Waals surface area contributed by atoms with E-state index in [0.29, 0.717) is 12.5 Å². The number of benzene rings is 1. The van der Waals surface area contributed by atoms with E-state index in [9.17, 15) is 14.4 Å². The van der Waals surface area contributed by atoms with Crippen LogP contribution in [0.25, 0.3) is 0 Å². The number of hydrogen-bond acceptors (Lipinski definition) is 7. The first-order valence-electron chi connectivity index (χ1n) is 8.93. The first-order valence-corrected chi connectivity index (χ1v) is 8.93. The zero-order valence-electron chi connectivity index (χ0n) is 15.9. The molecule has 4 rings (SSSR count). The maximum absolute atomic E-state index is 13.0. The van der Waals surface area contributed by atoms with Crippen LogP contribution < -0.4 is 0 Å². The van der Waals surface area contributed by atoms with Crippen molar-refractivity contribution in [2.24, 2.45) is 4.99 Å². The molecule has 0 aliphatic carbocycles. The molecule has 9 nitrogen and oxygen atoms in total. The Balaban J connectivity index is 1.62. The minimum atomic E-state index is -0.696. The number of carbonyl (C=O) groups excluding carboxylic acids is 3. The number of imide groups is 1. The highest BCUT2D eigenvalue weighted by atomic mass is 16.5. The van der Waals surface area contributed by atoms with Crippen molar-refractivity contribution in [2.45, 2.75) is 25.7 Å². The van der Waals surface area contributed by atoms with Gasteiger partial charge in [-0.1, -0.05) is 30.3 Å². The molecule has 1 fully saturated rings. The molecule has 0 radical (unpaired) electrons. The van der Waals surface area contributed by atoms with Crippen molar-refractivity contribution in [2.75, 3.05) is 20.7 Å². The van der Waals surface area contributed by atoms with Crippen LogP contribution >= 0.6 is 0 Å². The number of likely N-dealkylation sites (N-methyl/N-ethyl adjacent to an activating group) is 1. The van der Waals surface area contributed by atoms with Crippen LogP contribution in [0.3, 0.4) is 0 Å². The zero-order chi connectivity index (χ0) is 20.0. The molecule has 1 aromatic carbocycles. The second-order valence-corrected chi connectivity index (χ2v) is 6.93. The summed E-state index contributed by atoms with van der Waals surface area (Å²) in [5.41, 5.74) is 2.06. The third kappa shape index (κ3) is 2.70. The van der Waals surface area contributed by atoms with E-state index in [4.69, 9.17) is 0 Å². The van der Waals surface area contributed by atoms with Crippen LogP contribution in [0.15, 0.2) is 47.2 Å². The summed E-state index contributed by atoms with van der Waals surface area (Å²) in [6.07, 6.45) is 1.23. The summed E-state index contributed by atoms with van der Waals surface area (Å²) in [6, 6.07) is 8.70. The van der Waals surface area contributed by atoms with Gasteiger partial charge in [-0.05, 0) is 12.5 Å². The fourth-order valence-electron chi connectivity index (χ4n) is 3.70. The Labute approximate surface area is 162 Å². The Morgan fingerprint density at radius 2 is 1.89 bits per heavy atom. The molecule has 0 saturated carbocycles. The highest BCUT2D eigenvalue weighted by Crippen LogP contribution is 2.34. The molecule has 0 spiro atoms. The van der Waals surface area contributed by atoms with Gasteiger partial charge in [-0.15, -0.1) is 0 Å². The first kappa shape index (κ1) is 18.0. The molecule has 0 N–H and O–H groups in total. The van der Waals surface area contributed by atoms with E-state index in [-0.39, 0.29) is 0 Å². The van der Waals surface area contributed by atoms with E-state index < -0.39 is 36.7 Å². The predicted octanol–water partition coefficient (Wildman–Crippen LogP) is 0.797. The number of fused-ring (bicyclic) bond motifs is 3. The lowest BCUT2D eigenvalue weighted by Gasteiger charge is -2.39. The molecule has 1 aromatic rings. The van der Waals surface area contributed by atoms with Crippen molar-refractivity contribution < 1.29 is 19.1 Å². The summed E-state index contributed by atoms with van der Waals surface area (Å²) in [5.74, 6) is -0.473. The van der Waals surface area contributed by atoms with Crippen LogP contribution in [0.4, 0.5) is 4.79 Å². The number of rotatable bonds is 4. The monoisotopic (exact) mass is 383 g/mol. The molecule has 3 aliphatic rings. The van der Waals surface area contributed by atoms with E-state index in [0.717, 1.165) is 16.2 Å². The lowest BCUT2D eigenvalue weighted by Crippen LogP contribution is -2.65. The quantitative estimate of drug-likeness (QED) is 0.715. The Hall–Kier alpha value is -3.36. The molecule has 28 heavy (non-hydrogen) atoms.